The largest absolute Gasteiger partial charge is 0.481 e. The Labute approximate surface area is 110 Å². The van der Waals surface area contributed by atoms with Gasteiger partial charge in [0.25, 0.3) is 5.69 Å². The predicted molar refractivity (Wildman–Crippen MR) is 70.4 cm³/mol. The minimum absolute atomic E-state index is 0.0367. The summed E-state index contributed by atoms with van der Waals surface area (Å²) in [6.07, 6.45) is 0.494. The maximum atomic E-state index is 11.2. The monoisotopic (exact) mass is 264 g/mol. The third kappa shape index (κ3) is 2.25. The lowest BCUT2D eigenvalue weighted by atomic mass is 9.90. The molecule has 2 rings (SSSR count). The first-order valence-corrected chi connectivity index (χ1v) is 6.07. The summed E-state index contributed by atoms with van der Waals surface area (Å²) < 4.78 is 0. The first-order valence-electron chi connectivity index (χ1n) is 6.07. The topological polar surface area (TPSA) is 83.7 Å². The van der Waals surface area contributed by atoms with Crippen LogP contribution in [0.4, 0.5) is 11.4 Å². The number of aryl methyl sites for hydroxylation is 1. The third-order valence-corrected chi connectivity index (χ3v) is 3.72. The molecule has 1 atom stereocenters. The Bertz CT molecular complexity index is 543. The number of hydrogen-bond acceptors (Lipinski definition) is 4. The van der Waals surface area contributed by atoms with Crippen LogP contribution in [0, 0.1) is 22.5 Å². The van der Waals surface area contributed by atoms with Crippen LogP contribution in [0.3, 0.4) is 0 Å². The van der Waals surface area contributed by atoms with Crippen molar-refractivity contribution in [2.75, 3.05) is 18.0 Å². The van der Waals surface area contributed by atoms with Crippen LogP contribution in [0.5, 0.6) is 0 Å². The normalized spacial score (nSPS) is 22.5. The van der Waals surface area contributed by atoms with Gasteiger partial charge < -0.3 is 10.0 Å². The number of carbonyl (C=O) groups is 1. The number of nitrogens with zero attached hydrogens (tertiary/aromatic N) is 2. The molecule has 0 aromatic heterocycles. The molecule has 1 N–H and O–H groups in total. The summed E-state index contributed by atoms with van der Waals surface area (Å²) in [4.78, 5) is 23.7. The minimum Gasteiger partial charge on any atom is -0.481 e. The standard InChI is InChI=1S/C13H16N2O4/c1-9-4-3-5-10(15(18)19)11(9)14-7-6-13(2,8-14)12(16)17/h3-5H,6-8H2,1-2H3,(H,16,17). The summed E-state index contributed by atoms with van der Waals surface area (Å²) in [5.41, 5.74) is 0.534. The molecule has 6 nitrogen and oxygen atoms in total. The molecular weight excluding hydrogens is 248 g/mol. The third-order valence-electron chi connectivity index (χ3n) is 3.72. The maximum absolute atomic E-state index is 11.2. The molecule has 19 heavy (non-hydrogen) atoms. The van der Waals surface area contributed by atoms with E-state index in [1.54, 1.807) is 26.0 Å². The predicted octanol–water partition coefficient (Wildman–Crippen LogP) is 2.20. The van der Waals surface area contributed by atoms with Gasteiger partial charge >= 0.3 is 5.97 Å². The average Bonchev–Trinajstić information content (AvgIpc) is 2.72. The number of benzene rings is 1. The first kappa shape index (κ1) is 13.3. The van der Waals surface area contributed by atoms with E-state index < -0.39 is 16.3 Å². The molecule has 1 saturated heterocycles. The van der Waals surface area contributed by atoms with Gasteiger partial charge in [-0.2, -0.15) is 0 Å². The number of carboxylic acid groups (broad SMARTS) is 1. The quantitative estimate of drug-likeness (QED) is 0.668. The molecular formula is C13H16N2O4. The number of hydrogen-bond donors (Lipinski definition) is 1. The van der Waals surface area contributed by atoms with Crippen molar-refractivity contribution in [3.05, 3.63) is 33.9 Å². The summed E-state index contributed by atoms with van der Waals surface area (Å²) in [5, 5.41) is 20.3. The Balaban J connectivity index is 2.39. The number of anilines is 1. The van der Waals surface area contributed by atoms with Gasteiger partial charge in [-0.15, -0.1) is 0 Å². The van der Waals surface area contributed by atoms with E-state index in [4.69, 9.17) is 0 Å². The zero-order chi connectivity index (χ0) is 14.2. The number of carboxylic acids is 1. The van der Waals surface area contributed by atoms with E-state index in [0.717, 1.165) is 5.56 Å². The van der Waals surface area contributed by atoms with Gasteiger partial charge in [-0.25, -0.2) is 0 Å². The fourth-order valence-electron chi connectivity index (χ4n) is 2.53. The van der Waals surface area contributed by atoms with Gasteiger partial charge in [0.15, 0.2) is 0 Å². The molecule has 1 fully saturated rings. The number of aliphatic carboxylic acids is 1. The molecule has 0 bridgehead atoms. The van der Waals surface area contributed by atoms with Gasteiger partial charge in [0.05, 0.1) is 10.3 Å². The average molecular weight is 264 g/mol. The van der Waals surface area contributed by atoms with E-state index in [0.29, 0.717) is 25.2 Å². The Morgan fingerprint density at radius 2 is 2.21 bits per heavy atom. The van der Waals surface area contributed by atoms with E-state index >= 15 is 0 Å². The van der Waals surface area contributed by atoms with E-state index in [1.165, 1.54) is 6.07 Å². The Morgan fingerprint density at radius 3 is 2.74 bits per heavy atom. The number of para-hydroxylation sites is 1. The van der Waals surface area contributed by atoms with Crippen molar-refractivity contribution in [3.63, 3.8) is 0 Å². The number of nitro groups is 1. The highest BCUT2D eigenvalue weighted by Gasteiger charge is 2.42. The zero-order valence-electron chi connectivity index (χ0n) is 10.9. The molecule has 0 spiro atoms. The molecule has 0 aliphatic carbocycles. The molecule has 1 aromatic rings. The molecule has 102 valence electrons. The van der Waals surface area contributed by atoms with Crippen LogP contribution in [0.1, 0.15) is 18.9 Å². The van der Waals surface area contributed by atoms with E-state index in [-0.39, 0.29) is 5.69 Å². The molecule has 1 aromatic carbocycles. The van der Waals surface area contributed by atoms with Crippen LogP contribution in [-0.4, -0.2) is 29.1 Å². The van der Waals surface area contributed by atoms with Gasteiger partial charge in [-0.05, 0) is 25.8 Å². The van der Waals surface area contributed by atoms with Crippen molar-refractivity contribution in [2.24, 2.45) is 5.41 Å². The summed E-state index contributed by atoms with van der Waals surface area (Å²) >= 11 is 0. The second-order valence-electron chi connectivity index (χ2n) is 5.24. The fourth-order valence-corrected chi connectivity index (χ4v) is 2.53. The SMILES string of the molecule is Cc1cccc([N+](=O)[O-])c1N1CCC(C)(C(=O)O)C1. The van der Waals surface area contributed by atoms with Crippen molar-refractivity contribution in [2.45, 2.75) is 20.3 Å². The summed E-state index contributed by atoms with van der Waals surface area (Å²) in [6, 6.07) is 4.90. The smallest absolute Gasteiger partial charge is 0.311 e. The maximum Gasteiger partial charge on any atom is 0.311 e. The summed E-state index contributed by atoms with van der Waals surface area (Å²) in [6.45, 7) is 4.31. The number of nitro benzene ring substituents is 1. The molecule has 0 radical (unpaired) electrons. The van der Waals surface area contributed by atoms with Crippen LogP contribution in [0.2, 0.25) is 0 Å². The highest BCUT2D eigenvalue weighted by molar-refractivity contribution is 5.77. The van der Waals surface area contributed by atoms with Gasteiger partial charge in [0.1, 0.15) is 5.69 Å². The second kappa shape index (κ2) is 4.53. The van der Waals surface area contributed by atoms with Crippen LogP contribution in [0.25, 0.3) is 0 Å². The Hall–Kier alpha value is -2.11. The van der Waals surface area contributed by atoms with Gasteiger partial charge in [-0.1, -0.05) is 12.1 Å². The van der Waals surface area contributed by atoms with Gasteiger partial charge in [0, 0.05) is 19.2 Å². The van der Waals surface area contributed by atoms with Gasteiger partial charge in [0.2, 0.25) is 0 Å². The highest BCUT2D eigenvalue weighted by atomic mass is 16.6. The fraction of sp³-hybridized carbons (Fsp3) is 0.462. The first-order chi connectivity index (χ1) is 8.85. The summed E-state index contributed by atoms with van der Waals surface area (Å²) in [7, 11) is 0. The number of rotatable bonds is 3. The second-order valence-corrected chi connectivity index (χ2v) is 5.24. The minimum atomic E-state index is -0.855. The van der Waals surface area contributed by atoms with E-state index in [1.807, 2.05) is 4.90 Å². The van der Waals surface area contributed by atoms with Crippen LogP contribution < -0.4 is 4.90 Å². The van der Waals surface area contributed by atoms with Crippen molar-refractivity contribution in [3.8, 4) is 0 Å². The van der Waals surface area contributed by atoms with Crippen LogP contribution >= 0.6 is 0 Å². The molecule has 1 aliphatic rings. The Morgan fingerprint density at radius 1 is 1.53 bits per heavy atom. The van der Waals surface area contributed by atoms with Crippen molar-refractivity contribution in [1.29, 1.82) is 0 Å². The van der Waals surface area contributed by atoms with E-state index in [9.17, 15) is 20.0 Å². The lowest BCUT2D eigenvalue weighted by molar-refractivity contribution is -0.384. The van der Waals surface area contributed by atoms with E-state index in [2.05, 4.69) is 0 Å². The Kier molecular flexibility index (Phi) is 3.18. The zero-order valence-corrected chi connectivity index (χ0v) is 10.9. The molecule has 0 saturated carbocycles. The molecule has 1 unspecified atom stereocenters. The van der Waals surface area contributed by atoms with Crippen molar-refractivity contribution < 1.29 is 14.8 Å². The summed E-state index contributed by atoms with van der Waals surface area (Å²) in [5.74, 6) is -0.855. The van der Waals surface area contributed by atoms with Gasteiger partial charge in [-0.3, -0.25) is 14.9 Å². The van der Waals surface area contributed by atoms with Crippen LogP contribution in [0.15, 0.2) is 18.2 Å². The van der Waals surface area contributed by atoms with Crippen molar-refractivity contribution >= 4 is 17.3 Å². The molecule has 1 aliphatic heterocycles. The molecule has 1 heterocycles. The molecule has 0 amide bonds. The van der Waals surface area contributed by atoms with Crippen LogP contribution in [-0.2, 0) is 4.79 Å². The lowest BCUT2D eigenvalue weighted by Gasteiger charge is -2.23. The molecule has 6 heteroatoms. The van der Waals surface area contributed by atoms with Crippen molar-refractivity contribution in [1.82, 2.24) is 0 Å². The lowest BCUT2D eigenvalue weighted by Crippen LogP contribution is -2.32. The highest BCUT2D eigenvalue weighted by Crippen LogP contribution is 2.39.